The number of aryl methyl sites for hydroxylation is 1. The van der Waals surface area contributed by atoms with E-state index in [1.165, 1.54) is 23.5 Å². The van der Waals surface area contributed by atoms with E-state index in [4.69, 9.17) is 4.98 Å². The number of pyridine rings is 3. The van der Waals surface area contributed by atoms with Crippen LogP contribution in [0.5, 0.6) is 0 Å². The van der Waals surface area contributed by atoms with Crippen molar-refractivity contribution in [1.82, 2.24) is 35.1 Å². The number of thiophene rings is 1. The number of aromatic nitrogens is 7. The summed E-state index contributed by atoms with van der Waals surface area (Å²) in [6.45, 7) is 2.04. The minimum absolute atomic E-state index is 0.196. The molecule has 7 aromatic rings. The molecule has 0 bridgehead atoms. The second-order valence-corrected chi connectivity index (χ2v) is 10.8. The van der Waals surface area contributed by atoms with Gasteiger partial charge in [-0.1, -0.05) is 30.3 Å². The largest absolute Gasteiger partial charge is 0.336 e. The average Bonchev–Trinajstić information content (AvgIpc) is 3.72. The Balaban J connectivity index is 1.24. The van der Waals surface area contributed by atoms with E-state index in [0.29, 0.717) is 28.3 Å². The zero-order valence-electron chi connectivity index (χ0n) is 21.6. The Kier molecular flexibility index (Phi) is 6.05. The Morgan fingerprint density at radius 1 is 1.02 bits per heavy atom. The van der Waals surface area contributed by atoms with Crippen molar-refractivity contribution in [2.24, 2.45) is 0 Å². The lowest BCUT2D eigenvalue weighted by atomic mass is 10.1. The monoisotopic (exact) mass is 560 g/mol. The van der Waals surface area contributed by atoms with Crippen molar-refractivity contribution in [1.29, 1.82) is 0 Å². The van der Waals surface area contributed by atoms with Crippen LogP contribution in [0.15, 0.2) is 79.4 Å². The molecule has 0 fully saturated rings. The highest BCUT2D eigenvalue weighted by atomic mass is 32.1. The Labute approximate surface area is 236 Å². The number of hydrogen-bond donors (Lipinski definition) is 3. The van der Waals surface area contributed by atoms with Crippen molar-refractivity contribution in [3.05, 3.63) is 95.6 Å². The summed E-state index contributed by atoms with van der Waals surface area (Å²) in [5.41, 5.74) is 4.81. The zero-order chi connectivity index (χ0) is 27.9. The number of imidazole rings is 1. The van der Waals surface area contributed by atoms with E-state index in [1.54, 1.807) is 23.6 Å². The summed E-state index contributed by atoms with van der Waals surface area (Å²) < 4.78 is 16.2. The first-order chi connectivity index (χ1) is 20.0. The number of aromatic amines is 2. The molecule has 6 heterocycles. The molecule has 9 nitrogen and oxygen atoms in total. The molecular formula is C30H21FN8OS. The van der Waals surface area contributed by atoms with Gasteiger partial charge in [-0.05, 0) is 36.8 Å². The molecule has 6 aromatic heterocycles. The molecule has 0 radical (unpaired) electrons. The lowest BCUT2D eigenvalue weighted by Crippen LogP contribution is -2.14. The van der Waals surface area contributed by atoms with Crippen molar-refractivity contribution in [3.8, 4) is 33.2 Å². The predicted molar refractivity (Wildman–Crippen MR) is 157 cm³/mol. The number of halogens is 1. The molecule has 41 heavy (non-hydrogen) atoms. The van der Waals surface area contributed by atoms with Gasteiger partial charge in [-0.2, -0.15) is 5.10 Å². The number of anilines is 1. The summed E-state index contributed by atoms with van der Waals surface area (Å²) >= 11 is 1.63. The standard InChI is InChI=1S/C30H21FN8OS/c1-16-7-8-22(41-16)27-26-21(9-10-33-27)36-30(37-26)28-24-25(31)20(15-34-29(24)39-38-28)18-12-19(14-32-13-18)35-23(40)11-17-5-3-2-4-6-17/h2-10,12-15H,11H2,1H3,(H,35,40)(H,36,37)(H,34,38,39). The molecule has 200 valence electrons. The van der Waals surface area contributed by atoms with Crippen LogP contribution in [0.1, 0.15) is 10.4 Å². The van der Waals surface area contributed by atoms with Gasteiger partial charge in [0.1, 0.15) is 22.7 Å². The van der Waals surface area contributed by atoms with Crippen LogP contribution < -0.4 is 5.32 Å². The van der Waals surface area contributed by atoms with Gasteiger partial charge in [0.2, 0.25) is 5.91 Å². The van der Waals surface area contributed by atoms with E-state index in [2.05, 4.69) is 35.5 Å². The third-order valence-corrected chi connectivity index (χ3v) is 7.67. The van der Waals surface area contributed by atoms with Crippen molar-refractivity contribution >= 4 is 45.0 Å². The number of amides is 1. The summed E-state index contributed by atoms with van der Waals surface area (Å²) in [6.07, 6.45) is 6.41. The van der Waals surface area contributed by atoms with Gasteiger partial charge < -0.3 is 10.3 Å². The van der Waals surface area contributed by atoms with Crippen LogP contribution in [0.25, 0.3) is 55.3 Å². The quantitative estimate of drug-likeness (QED) is 0.219. The fourth-order valence-corrected chi connectivity index (χ4v) is 5.62. The third-order valence-electron chi connectivity index (χ3n) is 6.67. The van der Waals surface area contributed by atoms with E-state index in [-0.39, 0.29) is 28.9 Å². The highest BCUT2D eigenvalue weighted by Gasteiger charge is 2.22. The Morgan fingerprint density at radius 3 is 2.73 bits per heavy atom. The Morgan fingerprint density at radius 2 is 1.90 bits per heavy atom. The van der Waals surface area contributed by atoms with E-state index in [0.717, 1.165) is 21.7 Å². The van der Waals surface area contributed by atoms with Gasteiger partial charge >= 0.3 is 0 Å². The molecule has 0 aliphatic heterocycles. The Bertz CT molecular complexity index is 2060. The third kappa shape index (κ3) is 4.61. The van der Waals surface area contributed by atoms with Gasteiger partial charge in [-0.25, -0.2) is 14.4 Å². The van der Waals surface area contributed by atoms with Crippen molar-refractivity contribution in [2.45, 2.75) is 13.3 Å². The molecule has 0 spiro atoms. The molecule has 0 saturated carbocycles. The highest BCUT2D eigenvalue weighted by Crippen LogP contribution is 2.35. The van der Waals surface area contributed by atoms with Crippen LogP contribution in [0, 0.1) is 12.7 Å². The number of hydrogen-bond acceptors (Lipinski definition) is 7. The minimum atomic E-state index is -0.527. The molecule has 1 aromatic carbocycles. The summed E-state index contributed by atoms with van der Waals surface area (Å²) in [4.78, 5) is 35.9. The molecule has 0 unspecified atom stereocenters. The number of carbonyl (C=O) groups is 1. The average molecular weight is 561 g/mol. The van der Waals surface area contributed by atoms with E-state index in [9.17, 15) is 4.79 Å². The number of nitrogens with zero attached hydrogens (tertiary/aromatic N) is 5. The molecule has 7 rings (SSSR count). The van der Waals surface area contributed by atoms with Gasteiger partial charge in [-0.3, -0.25) is 19.9 Å². The summed E-state index contributed by atoms with van der Waals surface area (Å²) in [5, 5.41) is 10.2. The predicted octanol–water partition coefficient (Wildman–Crippen LogP) is 6.32. The molecule has 0 saturated heterocycles. The molecule has 0 aliphatic carbocycles. The highest BCUT2D eigenvalue weighted by molar-refractivity contribution is 7.15. The van der Waals surface area contributed by atoms with Crippen LogP contribution in [-0.4, -0.2) is 41.0 Å². The van der Waals surface area contributed by atoms with Crippen LogP contribution in [0.4, 0.5) is 10.1 Å². The number of benzene rings is 1. The fourth-order valence-electron chi connectivity index (χ4n) is 4.76. The molecule has 11 heteroatoms. The molecule has 0 atom stereocenters. The molecule has 1 amide bonds. The lowest BCUT2D eigenvalue weighted by Gasteiger charge is -2.08. The van der Waals surface area contributed by atoms with Crippen molar-refractivity contribution in [2.75, 3.05) is 5.32 Å². The summed E-state index contributed by atoms with van der Waals surface area (Å²) in [5.74, 6) is -0.328. The fraction of sp³-hybridized carbons (Fsp3) is 0.0667. The summed E-state index contributed by atoms with van der Waals surface area (Å²) in [7, 11) is 0. The molecule has 0 aliphatic rings. The van der Waals surface area contributed by atoms with Crippen LogP contribution in [0.3, 0.4) is 0 Å². The number of H-pyrrole nitrogens is 2. The normalized spacial score (nSPS) is 11.4. The number of rotatable bonds is 6. The number of fused-ring (bicyclic) bond motifs is 2. The summed E-state index contributed by atoms with van der Waals surface area (Å²) in [6, 6.07) is 17.0. The van der Waals surface area contributed by atoms with Gasteiger partial charge in [0, 0.05) is 34.6 Å². The minimum Gasteiger partial charge on any atom is -0.336 e. The van der Waals surface area contributed by atoms with Crippen LogP contribution in [-0.2, 0) is 11.2 Å². The van der Waals surface area contributed by atoms with Crippen molar-refractivity contribution in [3.63, 3.8) is 0 Å². The maximum absolute atomic E-state index is 16.2. The first kappa shape index (κ1) is 24.7. The first-order valence-electron chi connectivity index (χ1n) is 12.8. The SMILES string of the molecule is Cc1ccc(-c2nccc3[nH]c(-c4n[nH]c5ncc(-c6cncc(NC(=O)Cc7ccccc7)c6)c(F)c45)nc23)s1. The van der Waals surface area contributed by atoms with E-state index < -0.39 is 5.82 Å². The topological polar surface area (TPSA) is 125 Å². The molecular weight excluding hydrogens is 539 g/mol. The zero-order valence-corrected chi connectivity index (χ0v) is 22.5. The Hall–Kier alpha value is -5.29. The van der Waals surface area contributed by atoms with E-state index >= 15 is 4.39 Å². The molecule has 3 N–H and O–H groups in total. The van der Waals surface area contributed by atoms with Gasteiger partial charge in [0.05, 0.1) is 34.1 Å². The first-order valence-corrected chi connectivity index (χ1v) is 13.6. The second kappa shape index (κ2) is 10.0. The van der Waals surface area contributed by atoms with Gasteiger partial charge in [0.25, 0.3) is 0 Å². The van der Waals surface area contributed by atoms with Crippen LogP contribution >= 0.6 is 11.3 Å². The van der Waals surface area contributed by atoms with Crippen LogP contribution in [0.2, 0.25) is 0 Å². The lowest BCUT2D eigenvalue weighted by molar-refractivity contribution is -0.115. The van der Waals surface area contributed by atoms with Crippen molar-refractivity contribution < 1.29 is 9.18 Å². The maximum Gasteiger partial charge on any atom is 0.228 e. The second-order valence-electron chi connectivity index (χ2n) is 9.51. The number of carbonyl (C=O) groups excluding carboxylic acids is 1. The number of nitrogens with one attached hydrogen (secondary N) is 3. The van der Waals surface area contributed by atoms with Gasteiger partial charge in [-0.15, -0.1) is 11.3 Å². The van der Waals surface area contributed by atoms with E-state index in [1.807, 2.05) is 55.5 Å². The smallest absolute Gasteiger partial charge is 0.228 e. The maximum atomic E-state index is 16.2. The van der Waals surface area contributed by atoms with Gasteiger partial charge in [0.15, 0.2) is 11.5 Å².